The van der Waals surface area contributed by atoms with Crippen LogP contribution in [0.2, 0.25) is 0 Å². The highest BCUT2D eigenvalue weighted by atomic mass is 15.2. The lowest BCUT2D eigenvalue weighted by atomic mass is 10.2. The molecule has 0 aromatic carbocycles. The average molecular weight is 262 g/mol. The van der Waals surface area contributed by atoms with Crippen molar-refractivity contribution in [1.29, 1.82) is 0 Å². The first-order chi connectivity index (χ1) is 9.84. The molecule has 5 rings (SSSR count). The minimum absolute atomic E-state index is 0.918. The Bertz CT molecular complexity index is 992. The molecular formula is C15H12N5+. The van der Waals surface area contributed by atoms with Crippen LogP contribution in [-0.4, -0.2) is 18.9 Å². The predicted octanol–water partition coefficient (Wildman–Crippen LogP) is 1.54. The van der Waals surface area contributed by atoms with Crippen molar-refractivity contribution in [3.63, 3.8) is 0 Å². The first-order valence-corrected chi connectivity index (χ1v) is 6.61. The highest BCUT2D eigenvalue weighted by Gasteiger charge is 2.32. The second kappa shape index (κ2) is 3.25. The zero-order valence-electron chi connectivity index (χ0n) is 11.0. The van der Waals surface area contributed by atoms with Gasteiger partial charge in [0, 0.05) is 37.3 Å². The van der Waals surface area contributed by atoms with Crippen molar-refractivity contribution in [1.82, 2.24) is 18.9 Å². The van der Waals surface area contributed by atoms with Gasteiger partial charge in [-0.2, -0.15) is 4.40 Å². The molecule has 0 amide bonds. The van der Waals surface area contributed by atoms with Crippen molar-refractivity contribution in [2.24, 2.45) is 7.05 Å². The zero-order chi connectivity index (χ0) is 13.3. The molecule has 0 atom stereocenters. The summed E-state index contributed by atoms with van der Waals surface area (Å²) >= 11 is 0. The molecule has 0 saturated heterocycles. The van der Waals surface area contributed by atoms with E-state index in [1.54, 1.807) is 0 Å². The van der Waals surface area contributed by atoms with Crippen molar-refractivity contribution in [2.45, 2.75) is 6.54 Å². The smallest absolute Gasteiger partial charge is 0.298 e. The fraction of sp³-hybridized carbons (Fsp3) is 0.133. The molecule has 1 aliphatic rings. The molecule has 0 radical (unpaired) electrons. The summed E-state index contributed by atoms with van der Waals surface area (Å²) in [6.07, 6.45) is 9.78. The van der Waals surface area contributed by atoms with Gasteiger partial charge in [-0.05, 0) is 6.07 Å². The summed E-state index contributed by atoms with van der Waals surface area (Å²) in [6.45, 7) is 0.918. The van der Waals surface area contributed by atoms with E-state index in [1.807, 2.05) is 24.8 Å². The monoisotopic (exact) mass is 262 g/mol. The van der Waals surface area contributed by atoms with E-state index in [-0.39, 0.29) is 0 Å². The standard InChI is InChI=1S/C15H12N5/c1-18-13-7-17-5-3-12(13)20-14(18)9-19-8-10-2-4-16-6-11(10)15(19)20/h2-7,9H,8H2,1H3/q+1. The van der Waals surface area contributed by atoms with Crippen LogP contribution >= 0.6 is 0 Å². The third-order valence-corrected chi connectivity index (χ3v) is 4.20. The Labute approximate surface area is 114 Å². The van der Waals surface area contributed by atoms with Gasteiger partial charge in [0.2, 0.25) is 5.65 Å². The summed E-state index contributed by atoms with van der Waals surface area (Å²) in [4.78, 5) is 8.52. The van der Waals surface area contributed by atoms with Crippen molar-refractivity contribution in [2.75, 3.05) is 0 Å². The fourth-order valence-corrected chi connectivity index (χ4v) is 3.26. The lowest BCUT2D eigenvalue weighted by molar-refractivity contribution is -0.670. The van der Waals surface area contributed by atoms with Gasteiger partial charge in [0.1, 0.15) is 12.1 Å². The zero-order valence-corrected chi connectivity index (χ0v) is 11.0. The number of pyridine rings is 2. The molecule has 5 heterocycles. The highest BCUT2D eigenvalue weighted by Crippen LogP contribution is 2.30. The van der Waals surface area contributed by atoms with E-state index in [1.165, 1.54) is 28.1 Å². The number of hydrogen-bond donors (Lipinski definition) is 0. The van der Waals surface area contributed by atoms with Gasteiger partial charge in [-0.25, -0.2) is 4.57 Å². The molecule has 0 fully saturated rings. The molecule has 0 saturated carbocycles. The molecule has 1 aliphatic heterocycles. The number of fused-ring (bicyclic) bond motifs is 7. The third kappa shape index (κ3) is 1.02. The minimum Gasteiger partial charge on any atom is -0.303 e. The number of aryl methyl sites for hydroxylation is 1. The topological polar surface area (TPSA) is 39.0 Å². The average Bonchev–Trinajstić information content (AvgIpc) is 3.08. The van der Waals surface area contributed by atoms with Gasteiger partial charge in [-0.3, -0.25) is 9.97 Å². The summed E-state index contributed by atoms with van der Waals surface area (Å²) in [7, 11) is 2.08. The SMILES string of the molecule is Cn1c2cnccc2n2c3[n+](cc12)Cc1ccncc1-3. The van der Waals surface area contributed by atoms with E-state index in [0.29, 0.717) is 0 Å². The van der Waals surface area contributed by atoms with Gasteiger partial charge in [0.15, 0.2) is 11.7 Å². The normalized spacial score (nSPS) is 13.1. The summed E-state index contributed by atoms with van der Waals surface area (Å²) in [5.74, 6) is 1.21. The van der Waals surface area contributed by atoms with Crippen LogP contribution in [0.5, 0.6) is 0 Å². The van der Waals surface area contributed by atoms with Crippen LogP contribution in [0.3, 0.4) is 0 Å². The van der Waals surface area contributed by atoms with E-state index in [4.69, 9.17) is 0 Å². The molecule has 5 nitrogen and oxygen atoms in total. The quantitative estimate of drug-likeness (QED) is 0.397. The molecule has 96 valence electrons. The Balaban J connectivity index is 2.03. The molecule has 4 aromatic rings. The summed E-state index contributed by atoms with van der Waals surface area (Å²) in [6, 6.07) is 4.17. The molecule has 0 aliphatic carbocycles. The van der Waals surface area contributed by atoms with E-state index in [9.17, 15) is 0 Å². The Kier molecular flexibility index (Phi) is 1.65. The Morgan fingerprint density at radius 3 is 2.90 bits per heavy atom. The van der Waals surface area contributed by atoms with Crippen molar-refractivity contribution >= 4 is 16.7 Å². The minimum atomic E-state index is 0.918. The Morgan fingerprint density at radius 1 is 1.10 bits per heavy atom. The maximum atomic E-state index is 4.28. The summed E-state index contributed by atoms with van der Waals surface area (Å²) in [5, 5.41) is 0. The molecule has 0 bridgehead atoms. The molecule has 20 heavy (non-hydrogen) atoms. The maximum absolute atomic E-state index is 4.28. The first kappa shape index (κ1) is 10.1. The van der Waals surface area contributed by atoms with Crippen LogP contribution in [0.1, 0.15) is 5.56 Å². The molecular weight excluding hydrogens is 250 g/mol. The number of aromatic nitrogens is 5. The molecule has 0 N–H and O–H groups in total. The van der Waals surface area contributed by atoms with Gasteiger partial charge in [-0.15, -0.1) is 0 Å². The van der Waals surface area contributed by atoms with Crippen LogP contribution in [0.4, 0.5) is 0 Å². The molecule has 5 heteroatoms. The number of nitrogens with zero attached hydrogens (tertiary/aromatic N) is 5. The van der Waals surface area contributed by atoms with Crippen LogP contribution in [0, 0.1) is 0 Å². The van der Waals surface area contributed by atoms with Gasteiger partial charge < -0.3 is 4.57 Å². The second-order valence-corrected chi connectivity index (χ2v) is 5.23. The predicted molar refractivity (Wildman–Crippen MR) is 74.2 cm³/mol. The number of imidazole rings is 2. The second-order valence-electron chi connectivity index (χ2n) is 5.23. The van der Waals surface area contributed by atoms with Gasteiger partial charge >= 0.3 is 0 Å². The van der Waals surface area contributed by atoms with Gasteiger partial charge in [-0.1, -0.05) is 0 Å². The molecule has 0 unspecified atom stereocenters. The van der Waals surface area contributed by atoms with Crippen molar-refractivity contribution in [3.05, 3.63) is 48.7 Å². The van der Waals surface area contributed by atoms with E-state index in [2.05, 4.69) is 48.9 Å². The van der Waals surface area contributed by atoms with E-state index in [0.717, 1.165) is 12.1 Å². The van der Waals surface area contributed by atoms with Crippen LogP contribution in [0.25, 0.3) is 28.1 Å². The lowest BCUT2D eigenvalue weighted by Gasteiger charge is -1.92. The van der Waals surface area contributed by atoms with E-state index < -0.39 is 0 Å². The van der Waals surface area contributed by atoms with Crippen molar-refractivity contribution in [3.8, 4) is 11.4 Å². The maximum Gasteiger partial charge on any atom is 0.298 e. The van der Waals surface area contributed by atoms with Crippen molar-refractivity contribution < 1.29 is 4.57 Å². The number of rotatable bonds is 0. The van der Waals surface area contributed by atoms with Gasteiger partial charge in [0.25, 0.3) is 5.82 Å². The fourth-order valence-electron chi connectivity index (χ4n) is 3.26. The third-order valence-electron chi connectivity index (χ3n) is 4.20. The van der Waals surface area contributed by atoms with Crippen LogP contribution in [-0.2, 0) is 13.6 Å². The van der Waals surface area contributed by atoms with Crippen LogP contribution in [0.15, 0.2) is 43.1 Å². The Morgan fingerprint density at radius 2 is 1.95 bits per heavy atom. The molecule has 0 spiro atoms. The largest absolute Gasteiger partial charge is 0.303 e. The summed E-state index contributed by atoms with van der Waals surface area (Å²) < 4.78 is 6.77. The lowest BCUT2D eigenvalue weighted by Crippen LogP contribution is -2.29. The van der Waals surface area contributed by atoms with E-state index >= 15 is 0 Å². The molecule has 4 aromatic heterocycles. The van der Waals surface area contributed by atoms with Gasteiger partial charge in [0.05, 0.1) is 11.8 Å². The first-order valence-electron chi connectivity index (χ1n) is 6.61. The highest BCUT2D eigenvalue weighted by molar-refractivity contribution is 5.83. The summed E-state index contributed by atoms with van der Waals surface area (Å²) in [5.41, 5.74) is 6.05. The Hall–Kier alpha value is -2.69. The van der Waals surface area contributed by atoms with Crippen LogP contribution < -0.4 is 4.57 Å². The number of hydrogen-bond acceptors (Lipinski definition) is 2.